The van der Waals surface area contributed by atoms with E-state index in [9.17, 15) is 0 Å². The molecule has 5 rings (SSSR count). The minimum absolute atomic E-state index is 0.0837. The maximum atomic E-state index is 6.28. The van der Waals surface area contributed by atoms with Crippen molar-refractivity contribution in [2.24, 2.45) is 0 Å². The molecule has 3 aromatic heterocycles. The van der Waals surface area contributed by atoms with Crippen LogP contribution in [-0.2, 0) is 5.54 Å². The van der Waals surface area contributed by atoms with E-state index in [0.29, 0.717) is 5.82 Å². The van der Waals surface area contributed by atoms with Crippen LogP contribution in [0.2, 0.25) is 0 Å². The van der Waals surface area contributed by atoms with Gasteiger partial charge in [-0.15, -0.1) is 0 Å². The lowest BCUT2D eigenvalue weighted by Crippen LogP contribution is -2.38. The number of hydrogen-bond donors (Lipinski definition) is 2. The molecule has 35 heavy (non-hydrogen) atoms. The molecule has 1 unspecified atom stereocenters. The van der Waals surface area contributed by atoms with Crippen LogP contribution >= 0.6 is 0 Å². The number of pyridine rings is 2. The minimum atomic E-state index is -0.0837. The van der Waals surface area contributed by atoms with Crippen molar-refractivity contribution in [2.45, 2.75) is 32.7 Å². The second-order valence-electron chi connectivity index (χ2n) is 8.88. The smallest absolute Gasteiger partial charge is 0.165 e. The molecule has 2 aromatic carbocycles. The number of nitrogens with zero attached hydrogens (tertiary/aromatic N) is 4. The first-order chi connectivity index (χ1) is 17.0. The Morgan fingerprint density at radius 3 is 2.34 bits per heavy atom. The molecule has 0 aliphatic carbocycles. The number of rotatable bonds is 7. The van der Waals surface area contributed by atoms with E-state index in [1.807, 2.05) is 42.5 Å². The van der Waals surface area contributed by atoms with Crippen LogP contribution in [0.15, 0.2) is 85.1 Å². The highest BCUT2D eigenvalue weighted by molar-refractivity contribution is 5.84. The maximum absolute atomic E-state index is 6.28. The van der Waals surface area contributed by atoms with E-state index < -0.39 is 0 Å². The number of nitrogen functional groups attached to an aromatic ring is 1. The Kier molecular flexibility index (Phi) is 6.05. The predicted molar refractivity (Wildman–Crippen MR) is 143 cm³/mol. The van der Waals surface area contributed by atoms with Crippen LogP contribution in [0.1, 0.15) is 32.8 Å². The maximum Gasteiger partial charge on any atom is 0.165 e. The fourth-order valence-electron chi connectivity index (χ4n) is 4.56. The molecule has 1 atom stereocenters. The number of aromatic nitrogens is 4. The summed E-state index contributed by atoms with van der Waals surface area (Å²) in [5.74, 6) is 1.16. The fourth-order valence-corrected chi connectivity index (χ4v) is 4.56. The van der Waals surface area contributed by atoms with Gasteiger partial charge in [0.15, 0.2) is 11.5 Å². The van der Waals surface area contributed by atoms with E-state index in [4.69, 9.17) is 15.7 Å². The number of nitrogens with two attached hydrogens (primary N) is 1. The molecule has 176 valence electrons. The highest BCUT2D eigenvalue weighted by Crippen LogP contribution is 2.33. The molecule has 0 saturated carbocycles. The largest absolute Gasteiger partial charge is 0.383 e. The van der Waals surface area contributed by atoms with Crippen molar-refractivity contribution in [3.63, 3.8) is 0 Å². The zero-order valence-electron chi connectivity index (χ0n) is 20.4. The van der Waals surface area contributed by atoms with Crippen LogP contribution in [0.3, 0.4) is 0 Å². The number of hydrogen-bond acceptors (Lipinski definition) is 5. The Labute approximate surface area is 205 Å². The lowest BCUT2D eigenvalue weighted by molar-refractivity contribution is 0.363. The van der Waals surface area contributed by atoms with Gasteiger partial charge in [-0.3, -0.25) is 4.57 Å². The summed E-state index contributed by atoms with van der Waals surface area (Å²) in [5, 5.41) is 3.62. The van der Waals surface area contributed by atoms with Gasteiger partial charge < -0.3 is 11.1 Å². The summed E-state index contributed by atoms with van der Waals surface area (Å²) in [6.45, 7) is 7.50. The van der Waals surface area contributed by atoms with Gasteiger partial charge >= 0.3 is 0 Å². The van der Waals surface area contributed by atoms with Crippen molar-refractivity contribution in [3.8, 4) is 28.3 Å². The van der Waals surface area contributed by atoms with Crippen molar-refractivity contribution in [1.29, 1.82) is 0 Å². The summed E-state index contributed by atoms with van der Waals surface area (Å²) in [4.78, 5) is 14.3. The molecule has 6 heteroatoms. The fraction of sp³-hybridized carbons (Fsp3) is 0.207. The molecule has 3 N–H and O–H groups in total. The average molecular weight is 463 g/mol. The number of fused-ring (bicyclic) bond motifs is 1. The molecular weight excluding hydrogens is 432 g/mol. The first kappa shape index (κ1) is 22.7. The van der Waals surface area contributed by atoms with E-state index in [0.717, 1.165) is 52.5 Å². The Bertz CT molecular complexity index is 1460. The zero-order chi connectivity index (χ0) is 24.4. The van der Waals surface area contributed by atoms with Crippen molar-refractivity contribution in [1.82, 2.24) is 24.8 Å². The third kappa shape index (κ3) is 4.17. The summed E-state index contributed by atoms with van der Waals surface area (Å²) in [6, 6.07) is 26.7. The summed E-state index contributed by atoms with van der Waals surface area (Å²) < 4.78 is 2.08. The topological polar surface area (TPSA) is 81.7 Å². The standard InChI is InChI=1S/C29H30N6/c1-4-29(3,32-5-2)21-13-15-22(16-14-21)35-27(23-12-9-19-31-26(23)30)34-25-18-17-24(33-28(25)35)20-10-7-6-8-11-20/h6-19,32H,4-5H2,1-3H3,(H2,30,31). The number of benzene rings is 2. The normalized spacial score (nSPS) is 13.1. The predicted octanol–water partition coefficient (Wildman–Crippen LogP) is 5.97. The van der Waals surface area contributed by atoms with E-state index in [2.05, 4.69) is 72.0 Å². The lowest BCUT2D eigenvalue weighted by Gasteiger charge is -2.30. The monoisotopic (exact) mass is 462 g/mol. The van der Waals surface area contributed by atoms with Crippen LogP contribution in [0.25, 0.3) is 39.5 Å². The van der Waals surface area contributed by atoms with Crippen LogP contribution in [0.4, 0.5) is 5.82 Å². The molecule has 0 bridgehead atoms. The molecule has 0 amide bonds. The molecule has 0 aliphatic heterocycles. The van der Waals surface area contributed by atoms with Crippen LogP contribution in [-0.4, -0.2) is 26.1 Å². The van der Waals surface area contributed by atoms with Gasteiger partial charge in [0.25, 0.3) is 0 Å². The van der Waals surface area contributed by atoms with E-state index in [1.165, 1.54) is 5.56 Å². The second kappa shape index (κ2) is 9.31. The number of imidazole rings is 1. The van der Waals surface area contributed by atoms with Gasteiger partial charge in [0.1, 0.15) is 11.3 Å². The summed E-state index contributed by atoms with van der Waals surface area (Å²) in [6.07, 6.45) is 2.69. The first-order valence-electron chi connectivity index (χ1n) is 12.1. The van der Waals surface area contributed by atoms with Gasteiger partial charge in [-0.05, 0) is 61.9 Å². The molecule has 0 spiro atoms. The highest BCUT2D eigenvalue weighted by atomic mass is 15.1. The minimum Gasteiger partial charge on any atom is -0.383 e. The molecule has 6 nitrogen and oxygen atoms in total. The lowest BCUT2D eigenvalue weighted by atomic mass is 9.89. The highest BCUT2D eigenvalue weighted by Gasteiger charge is 2.24. The third-order valence-electron chi connectivity index (χ3n) is 6.69. The van der Waals surface area contributed by atoms with Gasteiger partial charge in [0, 0.05) is 23.0 Å². The summed E-state index contributed by atoms with van der Waals surface area (Å²) in [7, 11) is 0. The molecule has 0 radical (unpaired) electrons. The zero-order valence-corrected chi connectivity index (χ0v) is 20.4. The Morgan fingerprint density at radius 2 is 1.66 bits per heavy atom. The van der Waals surface area contributed by atoms with E-state index in [-0.39, 0.29) is 5.54 Å². The third-order valence-corrected chi connectivity index (χ3v) is 6.69. The van der Waals surface area contributed by atoms with Gasteiger partial charge in [-0.1, -0.05) is 56.3 Å². The Balaban J connectivity index is 1.71. The van der Waals surface area contributed by atoms with Gasteiger partial charge in [0.05, 0.1) is 11.3 Å². The molecule has 3 heterocycles. The van der Waals surface area contributed by atoms with Crippen molar-refractivity contribution in [2.75, 3.05) is 12.3 Å². The summed E-state index contributed by atoms with van der Waals surface area (Å²) in [5.41, 5.74) is 12.7. The van der Waals surface area contributed by atoms with Crippen molar-refractivity contribution in [3.05, 3.63) is 90.6 Å². The Hall–Kier alpha value is -4.03. The number of nitrogens with one attached hydrogen (secondary N) is 1. The Morgan fingerprint density at radius 1 is 0.886 bits per heavy atom. The van der Waals surface area contributed by atoms with Crippen molar-refractivity contribution < 1.29 is 0 Å². The quantitative estimate of drug-likeness (QED) is 0.312. The summed E-state index contributed by atoms with van der Waals surface area (Å²) >= 11 is 0. The van der Waals surface area contributed by atoms with E-state index >= 15 is 0 Å². The van der Waals surface area contributed by atoms with Gasteiger partial charge in [-0.25, -0.2) is 15.0 Å². The van der Waals surface area contributed by atoms with Crippen molar-refractivity contribution >= 4 is 17.0 Å². The second-order valence-corrected chi connectivity index (χ2v) is 8.88. The van der Waals surface area contributed by atoms with Crippen LogP contribution < -0.4 is 11.1 Å². The molecule has 5 aromatic rings. The average Bonchev–Trinajstić information content (AvgIpc) is 3.28. The van der Waals surface area contributed by atoms with Gasteiger partial charge in [-0.2, -0.15) is 0 Å². The molecule has 0 saturated heterocycles. The van der Waals surface area contributed by atoms with Gasteiger partial charge in [0.2, 0.25) is 0 Å². The first-order valence-corrected chi connectivity index (χ1v) is 12.1. The SMILES string of the molecule is CCNC(C)(CC)c1ccc(-n2c(-c3cccnc3N)nc3ccc(-c4ccccc4)nc32)cc1. The number of anilines is 1. The van der Waals surface area contributed by atoms with Crippen LogP contribution in [0.5, 0.6) is 0 Å². The van der Waals surface area contributed by atoms with E-state index in [1.54, 1.807) is 6.20 Å². The van der Waals surface area contributed by atoms with Crippen LogP contribution in [0, 0.1) is 0 Å². The molecule has 0 aliphatic rings. The molecular formula is C29H30N6. The molecule has 0 fully saturated rings.